The van der Waals surface area contributed by atoms with Gasteiger partial charge in [0.25, 0.3) is 0 Å². The molecule has 154 valence electrons. The molecule has 0 bridgehead atoms. The predicted octanol–water partition coefficient (Wildman–Crippen LogP) is 3.97. The van der Waals surface area contributed by atoms with E-state index in [0.29, 0.717) is 31.8 Å². The van der Waals surface area contributed by atoms with Gasteiger partial charge < -0.3 is 20.3 Å². The molecule has 4 nitrogen and oxygen atoms in total. The molecule has 0 heterocycles. The van der Waals surface area contributed by atoms with Crippen molar-refractivity contribution in [2.45, 2.75) is 76.7 Å². The lowest BCUT2D eigenvalue weighted by molar-refractivity contribution is -0.00106. The van der Waals surface area contributed by atoms with Gasteiger partial charge in [0.2, 0.25) is 0 Å². The van der Waals surface area contributed by atoms with E-state index in [1.54, 1.807) is 0 Å². The Morgan fingerprint density at radius 3 is 2.78 bits per heavy atom. The highest BCUT2D eigenvalue weighted by Gasteiger charge is 2.20. The Kier molecular flexibility index (Phi) is 11.0. The van der Waals surface area contributed by atoms with Crippen LogP contribution in [0.4, 0.5) is 0 Å². The molecule has 1 aliphatic carbocycles. The lowest BCUT2D eigenvalue weighted by Gasteiger charge is -2.26. The number of nitrogens with two attached hydrogens (primary N) is 1. The van der Waals surface area contributed by atoms with Gasteiger partial charge in [0.15, 0.2) is 0 Å². The highest BCUT2D eigenvalue weighted by Crippen LogP contribution is 2.28. The van der Waals surface area contributed by atoms with Crippen LogP contribution >= 0.6 is 0 Å². The van der Waals surface area contributed by atoms with Crippen molar-refractivity contribution in [3.05, 3.63) is 34.9 Å². The highest BCUT2D eigenvalue weighted by molar-refractivity contribution is 5.36. The first-order valence-corrected chi connectivity index (χ1v) is 10.9. The quantitative estimate of drug-likeness (QED) is 0.482. The number of benzene rings is 1. The van der Waals surface area contributed by atoms with Crippen molar-refractivity contribution in [1.29, 1.82) is 0 Å². The topological polar surface area (TPSA) is 64.7 Å². The summed E-state index contributed by atoms with van der Waals surface area (Å²) in [4.78, 5) is 0. The summed E-state index contributed by atoms with van der Waals surface area (Å²) in [7, 11) is 0. The zero-order valence-corrected chi connectivity index (χ0v) is 17.1. The minimum atomic E-state index is 0.270. The maximum absolute atomic E-state index is 8.98. The normalized spacial score (nSPS) is 17.7. The third-order valence-electron chi connectivity index (χ3n) is 5.60. The van der Waals surface area contributed by atoms with E-state index in [0.717, 1.165) is 51.6 Å². The van der Waals surface area contributed by atoms with Crippen molar-refractivity contribution < 1.29 is 14.6 Å². The van der Waals surface area contributed by atoms with Crippen LogP contribution in [0.25, 0.3) is 0 Å². The Hall–Kier alpha value is -0.940. The average molecular weight is 378 g/mol. The number of aryl methyl sites for hydroxylation is 1. The Bertz CT molecular complexity index is 520. The number of ether oxygens (including phenoxy) is 2. The smallest absolute Gasteiger partial charge is 0.0704 e. The monoisotopic (exact) mass is 377 g/mol. The molecule has 2 rings (SSSR count). The van der Waals surface area contributed by atoms with Gasteiger partial charge in [-0.3, -0.25) is 0 Å². The van der Waals surface area contributed by atoms with Crippen LogP contribution in [-0.2, 0) is 22.3 Å². The highest BCUT2D eigenvalue weighted by atomic mass is 16.5. The summed E-state index contributed by atoms with van der Waals surface area (Å²) in [6.45, 7) is 5.41. The predicted molar refractivity (Wildman–Crippen MR) is 111 cm³/mol. The molecule has 1 aromatic carbocycles. The number of aliphatic hydroxyl groups excluding tert-OH is 1. The molecule has 0 radical (unpaired) electrons. The van der Waals surface area contributed by atoms with Crippen LogP contribution in [0, 0.1) is 0 Å². The van der Waals surface area contributed by atoms with E-state index in [1.165, 1.54) is 29.5 Å². The molecule has 4 heteroatoms. The maximum Gasteiger partial charge on any atom is 0.0704 e. The van der Waals surface area contributed by atoms with Gasteiger partial charge in [-0.05, 0) is 67.7 Å². The Labute approximate surface area is 165 Å². The first kappa shape index (κ1) is 22.4. The molecule has 0 spiro atoms. The summed E-state index contributed by atoms with van der Waals surface area (Å²) in [5.74, 6) is 0.403. The van der Waals surface area contributed by atoms with Gasteiger partial charge in [-0.2, -0.15) is 0 Å². The largest absolute Gasteiger partial charge is 0.396 e. The molecule has 0 saturated carbocycles. The number of unbranched alkanes of at least 4 members (excludes halogenated alkanes) is 3. The third-order valence-corrected chi connectivity index (χ3v) is 5.60. The standard InChI is InChI=1S/C23H39NO3/c1-2-3-6-13-26-14-15-27-23-11-10-19-16-20(8-9-21(19)17-23)22(18-24)7-4-5-12-25/h8-9,16,22-23,25H,2-7,10-15,17-18,24H2,1H3/t22-,23-/m0/s1. The number of hydrogen-bond donors (Lipinski definition) is 2. The SMILES string of the molecule is CCCCCOCCO[C@H]1CCc2cc([C@H](CN)CCCCO)ccc2C1. The molecule has 0 amide bonds. The van der Waals surface area contributed by atoms with Gasteiger partial charge in [0.05, 0.1) is 19.3 Å². The van der Waals surface area contributed by atoms with Crippen molar-refractivity contribution in [3.8, 4) is 0 Å². The molecule has 2 atom stereocenters. The summed E-state index contributed by atoms with van der Waals surface area (Å²) in [6, 6.07) is 6.88. The van der Waals surface area contributed by atoms with Gasteiger partial charge in [-0.15, -0.1) is 0 Å². The fourth-order valence-corrected chi connectivity index (χ4v) is 3.89. The zero-order chi connectivity index (χ0) is 19.3. The van der Waals surface area contributed by atoms with Crippen LogP contribution in [0.5, 0.6) is 0 Å². The van der Waals surface area contributed by atoms with Gasteiger partial charge in [-0.25, -0.2) is 0 Å². The second-order valence-electron chi connectivity index (χ2n) is 7.74. The van der Waals surface area contributed by atoms with E-state index in [9.17, 15) is 0 Å². The first-order valence-electron chi connectivity index (χ1n) is 10.9. The second-order valence-corrected chi connectivity index (χ2v) is 7.74. The number of fused-ring (bicyclic) bond motifs is 1. The van der Waals surface area contributed by atoms with Crippen LogP contribution in [-0.4, -0.2) is 44.2 Å². The summed E-state index contributed by atoms with van der Waals surface area (Å²) < 4.78 is 11.7. The molecular formula is C23H39NO3. The molecule has 0 fully saturated rings. The van der Waals surface area contributed by atoms with Crippen molar-refractivity contribution in [2.75, 3.05) is 33.0 Å². The van der Waals surface area contributed by atoms with Gasteiger partial charge in [-0.1, -0.05) is 44.4 Å². The first-order chi connectivity index (χ1) is 13.3. The summed E-state index contributed by atoms with van der Waals surface area (Å²) in [5.41, 5.74) is 10.2. The Morgan fingerprint density at radius 2 is 2.00 bits per heavy atom. The minimum Gasteiger partial charge on any atom is -0.396 e. The van der Waals surface area contributed by atoms with Crippen LogP contribution in [0.15, 0.2) is 18.2 Å². The van der Waals surface area contributed by atoms with Gasteiger partial charge in [0.1, 0.15) is 0 Å². The molecule has 1 aromatic rings. The molecule has 3 N–H and O–H groups in total. The number of rotatable bonds is 14. The fraction of sp³-hybridized carbons (Fsp3) is 0.739. The summed E-state index contributed by atoms with van der Waals surface area (Å²) >= 11 is 0. The third kappa shape index (κ3) is 7.90. The molecule has 0 aliphatic heterocycles. The van der Waals surface area contributed by atoms with Gasteiger partial charge in [0, 0.05) is 13.2 Å². The van der Waals surface area contributed by atoms with Crippen LogP contribution < -0.4 is 5.73 Å². The van der Waals surface area contributed by atoms with Gasteiger partial charge >= 0.3 is 0 Å². The zero-order valence-electron chi connectivity index (χ0n) is 17.1. The lowest BCUT2D eigenvalue weighted by Crippen LogP contribution is -2.24. The van der Waals surface area contributed by atoms with Crippen LogP contribution in [0.2, 0.25) is 0 Å². The molecular weight excluding hydrogens is 338 g/mol. The average Bonchev–Trinajstić information content (AvgIpc) is 2.70. The van der Waals surface area contributed by atoms with E-state index < -0.39 is 0 Å². The van der Waals surface area contributed by atoms with Crippen LogP contribution in [0.3, 0.4) is 0 Å². The second kappa shape index (κ2) is 13.3. The van der Waals surface area contributed by atoms with E-state index in [1.807, 2.05) is 0 Å². The molecule has 1 aliphatic rings. The van der Waals surface area contributed by atoms with Crippen molar-refractivity contribution >= 4 is 0 Å². The Morgan fingerprint density at radius 1 is 1.11 bits per heavy atom. The maximum atomic E-state index is 8.98. The van der Waals surface area contributed by atoms with Crippen molar-refractivity contribution in [3.63, 3.8) is 0 Å². The van der Waals surface area contributed by atoms with E-state index in [2.05, 4.69) is 25.1 Å². The number of aliphatic hydroxyl groups is 1. The molecule has 0 unspecified atom stereocenters. The van der Waals surface area contributed by atoms with Crippen molar-refractivity contribution in [1.82, 2.24) is 0 Å². The molecule has 27 heavy (non-hydrogen) atoms. The van der Waals surface area contributed by atoms with E-state index in [4.69, 9.17) is 20.3 Å². The minimum absolute atomic E-state index is 0.270. The summed E-state index contributed by atoms with van der Waals surface area (Å²) in [5, 5.41) is 8.98. The van der Waals surface area contributed by atoms with E-state index in [-0.39, 0.29) is 6.61 Å². The van der Waals surface area contributed by atoms with Crippen LogP contribution in [0.1, 0.15) is 74.5 Å². The summed E-state index contributed by atoms with van der Waals surface area (Å²) in [6.07, 6.45) is 10.1. The van der Waals surface area contributed by atoms with Crippen molar-refractivity contribution in [2.24, 2.45) is 5.73 Å². The lowest BCUT2D eigenvalue weighted by atomic mass is 9.85. The fourth-order valence-electron chi connectivity index (χ4n) is 3.89. The number of hydrogen-bond acceptors (Lipinski definition) is 4. The molecule has 0 saturated heterocycles. The van der Waals surface area contributed by atoms with E-state index >= 15 is 0 Å². The molecule has 0 aromatic heterocycles. The Balaban J connectivity index is 1.76.